The molecular weight excluding hydrogens is 346 g/mol. The number of nitro benzene ring substituents is 3. The van der Waals surface area contributed by atoms with Gasteiger partial charge in [-0.1, -0.05) is 18.2 Å². The van der Waals surface area contributed by atoms with Gasteiger partial charge in [-0.3, -0.25) is 30.3 Å². The molecule has 0 aliphatic rings. The number of benzene rings is 2. The lowest BCUT2D eigenvalue weighted by molar-refractivity contribution is -0.442. The fourth-order valence-electron chi connectivity index (χ4n) is 2.00. The molecular formula is C12H7N3O8S. The molecule has 0 unspecified atom stereocenters. The van der Waals surface area contributed by atoms with Gasteiger partial charge in [0.05, 0.1) is 19.7 Å². The van der Waals surface area contributed by atoms with Gasteiger partial charge in [-0.05, 0) is 18.2 Å². The van der Waals surface area contributed by atoms with E-state index in [9.17, 15) is 38.8 Å². The van der Waals surface area contributed by atoms with Crippen LogP contribution in [0.15, 0.2) is 52.3 Å². The lowest BCUT2D eigenvalue weighted by Gasteiger charge is -2.06. The van der Waals surface area contributed by atoms with E-state index >= 15 is 0 Å². The summed E-state index contributed by atoms with van der Waals surface area (Å²) in [6, 6.07) is 7.69. The van der Waals surface area contributed by atoms with Gasteiger partial charge in [-0.2, -0.15) is 0 Å². The lowest BCUT2D eigenvalue weighted by Crippen LogP contribution is -2.09. The smallest absolute Gasteiger partial charge is 0.258 e. The van der Waals surface area contributed by atoms with Crippen LogP contribution in [0.3, 0.4) is 0 Å². The Labute approximate surface area is 133 Å². The van der Waals surface area contributed by atoms with Crippen molar-refractivity contribution in [1.82, 2.24) is 0 Å². The van der Waals surface area contributed by atoms with Gasteiger partial charge >= 0.3 is 17.1 Å². The van der Waals surface area contributed by atoms with Crippen LogP contribution in [-0.2, 0) is 9.84 Å². The predicted molar refractivity (Wildman–Crippen MR) is 78.3 cm³/mol. The van der Waals surface area contributed by atoms with Gasteiger partial charge in [0.1, 0.15) is 0 Å². The Balaban J connectivity index is 2.91. The van der Waals surface area contributed by atoms with Crippen LogP contribution in [-0.4, -0.2) is 23.2 Å². The largest absolute Gasteiger partial charge is 0.423 e. The minimum atomic E-state index is -4.48. The first kappa shape index (κ1) is 17.0. The van der Waals surface area contributed by atoms with Crippen LogP contribution in [0, 0.1) is 30.3 Å². The zero-order valence-electron chi connectivity index (χ0n) is 11.6. The number of nitro groups is 3. The Morgan fingerprint density at radius 2 is 1.25 bits per heavy atom. The van der Waals surface area contributed by atoms with Crippen LogP contribution in [0.2, 0.25) is 0 Å². The summed E-state index contributed by atoms with van der Waals surface area (Å²) in [6.45, 7) is 0. The Morgan fingerprint density at radius 3 is 1.71 bits per heavy atom. The first-order chi connectivity index (χ1) is 11.2. The molecule has 0 bridgehead atoms. The van der Waals surface area contributed by atoms with Gasteiger partial charge in [0.25, 0.3) is 0 Å². The summed E-state index contributed by atoms with van der Waals surface area (Å²) in [7, 11) is -4.48. The average Bonchev–Trinajstić information content (AvgIpc) is 2.53. The highest BCUT2D eigenvalue weighted by Crippen LogP contribution is 2.42. The van der Waals surface area contributed by atoms with Gasteiger partial charge in [-0.25, -0.2) is 8.42 Å². The van der Waals surface area contributed by atoms with E-state index in [1.54, 1.807) is 0 Å². The van der Waals surface area contributed by atoms with Gasteiger partial charge in [0.2, 0.25) is 9.84 Å². The molecule has 12 heteroatoms. The highest BCUT2D eigenvalue weighted by Gasteiger charge is 2.42. The van der Waals surface area contributed by atoms with E-state index in [4.69, 9.17) is 0 Å². The SMILES string of the molecule is O=[N+]([O-])c1ccc(S(=O)(=O)c2ccccc2)c([N+](=O)[O-])c1[N+](=O)[O-]. The van der Waals surface area contributed by atoms with Crippen LogP contribution >= 0.6 is 0 Å². The van der Waals surface area contributed by atoms with Gasteiger partial charge in [0, 0.05) is 6.07 Å². The van der Waals surface area contributed by atoms with Gasteiger partial charge in [0.15, 0.2) is 4.90 Å². The molecule has 124 valence electrons. The van der Waals surface area contributed by atoms with Crippen molar-refractivity contribution in [2.75, 3.05) is 0 Å². The number of hydrogen-bond donors (Lipinski definition) is 0. The molecule has 0 radical (unpaired) electrons. The van der Waals surface area contributed by atoms with E-state index in [1.807, 2.05) is 0 Å². The molecule has 11 nitrogen and oxygen atoms in total. The monoisotopic (exact) mass is 353 g/mol. The average molecular weight is 353 g/mol. The third-order valence-electron chi connectivity index (χ3n) is 3.00. The normalized spacial score (nSPS) is 11.0. The van der Waals surface area contributed by atoms with Crippen LogP contribution in [0.4, 0.5) is 17.1 Å². The summed E-state index contributed by atoms with van der Waals surface area (Å²) in [5.41, 5.74) is -4.10. The molecule has 0 fully saturated rings. The van der Waals surface area contributed by atoms with E-state index in [0.717, 1.165) is 12.1 Å². The number of nitrogens with zero attached hydrogens (tertiary/aromatic N) is 3. The fraction of sp³-hybridized carbons (Fsp3) is 0. The quantitative estimate of drug-likeness (QED) is 0.583. The van der Waals surface area contributed by atoms with Crippen LogP contribution < -0.4 is 0 Å². The molecule has 0 saturated carbocycles. The Bertz CT molecular complexity index is 956. The van der Waals surface area contributed by atoms with Crippen LogP contribution in [0.5, 0.6) is 0 Å². The van der Waals surface area contributed by atoms with Crippen molar-refractivity contribution in [3.63, 3.8) is 0 Å². The molecule has 0 atom stereocenters. The molecule has 0 aliphatic carbocycles. The van der Waals surface area contributed by atoms with Crippen LogP contribution in [0.25, 0.3) is 0 Å². The highest BCUT2D eigenvalue weighted by atomic mass is 32.2. The molecule has 24 heavy (non-hydrogen) atoms. The minimum Gasteiger partial charge on any atom is -0.258 e. The zero-order chi connectivity index (χ0) is 18.1. The highest BCUT2D eigenvalue weighted by molar-refractivity contribution is 7.91. The van der Waals surface area contributed by atoms with Crippen molar-refractivity contribution < 1.29 is 23.2 Å². The van der Waals surface area contributed by atoms with Crippen LogP contribution in [0.1, 0.15) is 0 Å². The Kier molecular flexibility index (Phi) is 4.24. The second kappa shape index (κ2) is 6.00. The summed E-state index contributed by atoms with van der Waals surface area (Å²) in [5, 5.41) is 33.1. The topological polar surface area (TPSA) is 164 Å². The summed E-state index contributed by atoms with van der Waals surface area (Å²) >= 11 is 0. The standard InChI is InChI=1S/C12H7N3O8S/c16-13(17)9-6-7-10(12(15(20)21)11(9)14(18)19)24(22,23)8-4-2-1-3-5-8/h1-7H. The first-order valence-electron chi connectivity index (χ1n) is 6.08. The van der Waals surface area contributed by atoms with Crippen molar-refractivity contribution in [3.05, 3.63) is 72.8 Å². The minimum absolute atomic E-state index is 0.337. The van der Waals surface area contributed by atoms with Crippen molar-refractivity contribution in [3.8, 4) is 0 Å². The molecule has 0 heterocycles. The maximum atomic E-state index is 12.5. The Morgan fingerprint density at radius 1 is 0.708 bits per heavy atom. The second-order valence-corrected chi connectivity index (χ2v) is 6.29. The molecule has 0 aromatic heterocycles. The molecule has 0 amide bonds. The molecule has 0 N–H and O–H groups in total. The summed E-state index contributed by atoms with van der Waals surface area (Å²) in [6.07, 6.45) is 0. The molecule has 2 rings (SSSR count). The van der Waals surface area contributed by atoms with E-state index in [-0.39, 0.29) is 4.90 Å². The third-order valence-corrected chi connectivity index (χ3v) is 4.80. The van der Waals surface area contributed by atoms with E-state index < -0.39 is 46.6 Å². The van der Waals surface area contributed by atoms with Gasteiger partial charge in [-0.15, -0.1) is 0 Å². The van der Waals surface area contributed by atoms with E-state index in [2.05, 4.69) is 0 Å². The third kappa shape index (κ3) is 2.77. The van der Waals surface area contributed by atoms with E-state index in [1.165, 1.54) is 18.2 Å². The summed E-state index contributed by atoms with van der Waals surface area (Å²) in [4.78, 5) is 28.0. The zero-order valence-corrected chi connectivity index (χ0v) is 12.4. The molecule has 2 aromatic carbocycles. The first-order valence-corrected chi connectivity index (χ1v) is 7.56. The summed E-state index contributed by atoms with van der Waals surface area (Å²) in [5.74, 6) is 0. The van der Waals surface area contributed by atoms with Crippen molar-refractivity contribution >= 4 is 26.9 Å². The van der Waals surface area contributed by atoms with E-state index in [0.29, 0.717) is 12.1 Å². The predicted octanol–water partition coefficient (Wildman–Crippen LogP) is 2.24. The molecule has 0 aliphatic heterocycles. The summed E-state index contributed by atoms with van der Waals surface area (Å²) < 4.78 is 25.0. The second-order valence-electron chi connectivity index (χ2n) is 4.37. The van der Waals surface area contributed by atoms with Gasteiger partial charge < -0.3 is 0 Å². The fourth-order valence-corrected chi connectivity index (χ4v) is 3.44. The van der Waals surface area contributed by atoms with Crippen molar-refractivity contribution in [1.29, 1.82) is 0 Å². The molecule has 2 aromatic rings. The van der Waals surface area contributed by atoms with Crippen molar-refractivity contribution in [2.24, 2.45) is 0 Å². The van der Waals surface area contributed by atoms with Crippen molar-refractivity contribution in [2.45, 2.75) is 9.79 Å². The molecule has 0 spiro atoms. The molecule has 0 saturated heterocycles. The maximum Gasteiger partial charge on any atom is 0.423 e. The number of hydrogen-bond acceptors (Lipinski definition) is 8. The lowest BCUT2D eigenvalue weighted by atomic mass is 10.2. The number of sulfone groups is 1. The maximum absolute atomic E-state index is 12.5. The number of rotatable bonds is 5. The Hall–Kier alpha value is -3.41.